The normalized spacial score (nSPS) is 15.4. The van der Waals surface area contributed by atoms with Crippen molar-refractivity contribution >= 4 is 55.0 Å². The molecule has 2 aromatic carbocycles. The number of nitrogens with one attached hydrogen (secondary N) is 1. The molecule has 1 heterocycles. The number of halogens is 3. The molecule has 152 valence electrons. The van der Waals surface area contributed by atoms with Gasteiger partial charge in [0, 0.05) is 24.5 Å². The highest BCUT2D eigenvalue weighted by atomic mass is 79.9. The van der Waals surface area contributed by atoms with Gasteiger partial charge in [0.25, 0.3) is 0 Å². The van der Waals surface area contributed by atoms with Crippen LogP contribution in [0.1, 0.15) is 24.8 Å². The summed E-state index contributed by atoms with van der Waals surface area (Å²) in [5.74, 6) is 0.327. The number of piperidine rings is 1. The van der Waals surface area contributed by atoms with E-state index in [1.165, 1.54) is 22.5 Å². The predicted octanol–water partition coefficient (Wildman–Crippen LogP) is 5.53. The average Bonchev–Trinajstić information content (AvgIpc) is 2.67. The van der Waals surface area contributed by atoms with Crippen LogP contribution in [-0.4, -0.2) is 30.9 Å². The molecule has 0 aliphatic carbocycles. The first-order valence-corrected chi connectivity index (χ1v) is 11.9. The van der Waals surface area contributed by atoms with Crippen LogP contribution in [-0.2, 0) is 15.5 Å². The molecule has 0 atom stereocenters. The second-order valence-electron chi connectivity index (χ2n) is 6.37. The molecule has 0 bridgehead atoms. The molecule has 10 heteroatoms. The molecule has 1 saturated heterocycles. The van der Waals surface area contributed by atoms with Crippen LogP contribution in [0.4, 0.5) is 5.69 Å². The van der Waals surface area contributed by atoms with Crippen LogP contribution in [0.2, 0.25) is 10.0 Å². The molecular weight excluding hydrogens is 491 g/mol. The molecule has 2 N–H and O–H groups in total. The molecule has 0 unspecified atom stereocenters. The van der Waals surface area contributed by atoms with E-state index in [0.717, 1.165) is 24.8 Å². The highest BCUT2D eigenvalue weighted by Crippen LogP contribution is 2.39. The molecule has 0 spiro atoms. The second-order valence-corrected chi connectivity index (χ2v) is 9.42. The summed E-state index contributed by atoms with van der Waals surface area (Å²) in [6, 6.07) is 7.68. The lowest BCUT2D eigenvalue weighted by Crippen LogP contribution is -2.39. The Balaban J connectivity index is 1.84. The van der Waals surface area contributed by atoms with Crippen molar-refractivity contribution in [1.29, 1.82) is 0 Å². The Labute approximate surface area is 182 Å². The number of phenols is 1. The molecule has 2 aromatic rings. The number of rotatable bonds is 6. The van der Waals surface area contributed by atoms with Gasteiger partial charge in [-0.3, -0.25) is 4.72 Å². The quantitative estimate of drug-likeness (QED) is 0.396. The number of hydrogen-bond donors (Lipinski definition) is 2. The van der Waals surface area contributed by atoms with Crippen LogP contribution >= 0.6 is 39.1 Å². The second kappa shape index (κ2) is 9.09. The molecular formula is C18H19BrCl2N2O4S. The number of phenolic OH excluding ortho intramolecular Hbond substituents is 1. The van der Waals surface area contributed by atoms with Crippen molar-refractivity contribution in [2.45, 2.75) is 24.6 Å². The maximum Gasteiger partial charge on any atom is 0.301 e. The molecule has 1 fully saturated rings. The van der Waals surface area contributed by atoms with Crippen molar-refractivity contribution in [3.63, 3.8) is 0 Å². The zero-order chi connectivity index (χ0) is 20.3. The van der Waals surface area contributed by atoms with Crippen molar-refractivity contribution < 1.29 is 18.3 Å². The summed E-state index contributed by atoms with van der Waals surface area (Å²) >= 11 is 15.8. The Kier molecular flexibility index (Phi) is 6.98. The summed E-state index contributed by atoms with van der Waals surface area (Å²) in [6.07, 6.45) is 2.64. The van der Waals surface area contributed by atoms with E-state index in [4.69, 9.17) is 27.9 Å². The number of anilines is 1. The van der Waals surface area contributed by atoms with Gasteiger partial charge in [0.1, 0.15) is 11.5 Å². The van der Waals surface area contributed by atoms with E-state index in [9.17, 15) is 13.5 Å². The Morgan fingerprint density at radius 1 is 1.11 bits per heavy atom. The lowest BCUT2D eigenvalue weighted by Gasteiger charge is -2.26. The van der Waals surface area contributed by atoms with Crippen molar-refractivity contribution in [2.24, 2.45) is 0 Å². The van der Waals surface area contributed by atoms with Crippen LogP contribution < -0.4 is 9.46 Å². The molecule has 0 aromatic heterocycles. The zero-order valence-electron chi connectivity index (χ0n) is 14.8. The third-order valence-electron chi connectivity index (χ3n) is 4.29. The van der Waals surface area contributed by atoms with Gasteiger partial charge in [0.05, 0.1) is 15.7 Å². The fourth-order valence-electron chi connectivity index (χ4n) is 2.87. The standard InChI is InChI=1S/C18H19BrCl2N2O4S/c19-11-12-8-14(20)18(15(21)9-12)27-13-4-5-17(24)16(10-13)22-28(25,26)23-6-2-1-3-7-23/h4-5,8-10,22,24H,1-3,6-7,11H2. The summed E-state index contributed by atoms with van der Waals surface area (Å²) in [4.78, 5) is 0. The van der Waals surface area contributed by atoms with Crippen LogP contribution in [0.3, 0.4) is 0 Å². The number of benzene rings is 2. The molecule has 0 amide bonds. The zero-order valence-corrected chi connectivity index (χ0v) is 18.7. The fourth-order valence-corrected chi connectivity index (χ4v) is 5.12. The maximum absolute atomic E-state index is 12.6. The molecule has 1 aliphatic rings. The minimum Gasteiger partial charge on any atom is -0.506 e. The minimum absolute atomic E-state index is 0.0207. The third-order valence-corrected chi connectivity index (χ3v) is 7.03. The smallest absolute Gasteiger partial charge is 0.301 e. The van der Waals surface area contributed by atoms with Gasteiger partial charge in [0.15, 0.2) is 5.75 Å². The van der Waals surface area contributed by atoms with E-state index in [-0.39, 0.29) is 22.9 Å². The average molecular weight is 510 g/mol. The van der Waals surface area contributed by atoms with Crippen LogP contribution in [0.15, 0.2) is 30.3 Å². The van der Waals surface area contributed by atoms with Gasteiger partial charge in [-0.15, -0.1) is 0 Å². The van der Waals surface area contributed by atoms with Gasteiger partial charge in [0.2, 0.25) is 0 Å². The van der Waals surface area contributed by atoms with E-state index in [1.54, 1.807) is 12.1 Å². The number of ether oxygens (including phenoxy) is 1. The van der Waals surface area contributed by atoms with Gasteiger partial charge < -0.3 is 9.84 Å². The highest BCUT2D eigenvalue weighted by Gasteiger charge is 2.25. The molecule has 28 heavy (non-hydrogen) atoms. The summed E-state index contributed by atoms with van der Waals surface area (Å²) in [6.45, 7) is 0.912. The third kappa shape index (κ3) is 5.04. The first kappa shape index (κ1) is 21.5. The predicted molar refractivity (Wildman–Crippen MR) is 115 cm³/mol. The van der Waals surface area contributed by atoms with Crippen LogP contribution in [0, 0.1) is 0 Å². The van der Waals surface area contributed by atoms with E-state index in [0.29, 0.717) is 28.5 Å². The number of aromatic hydroxyl groups is 1. The van der Waals surface area contributed by atoms with Crippen molar-refractivity contribution in [1.82, 2.24) is 4.31 Å². The molecule has 0 radical (unpaired) electrons. The minimum atomic E-state index is -3.76. The SMILES string of the molecule is O=S(=O)(Nc1cc(Oc2c(Cl)cc(CBr)cc2Cl)ccc1O)N1CCCCC1. The highest BCUT2D eigenvalue weighted by molar-refractivity contribution is 9.08. The van der Waals surface area contributed by atoms with E-state index >= 15 is 0 Å². The lowest BCUT2D eigenvalue weighted by molar-refractivity contribution is 0.349. The lowest BCUT2D eigenvalue weighted by atomic mass is 10.2. The Morgan fingerprint density at radius 2 is 1.75 bits per heavy atom. The van der Waals surface area contributed by atoms with Crippen LogP contribution in [0.5, 0.6) is 17.2 Å². The van der Waals surface area contributed by atoms with Gasteiger partial charge in [-0.1, -0.05) is 45.6 Å². The summed E-state index contributed by atoms with van der Waals surface area (Å²) in [5, 5.41) is 11.3. The Morgan fingerprint density at radius 3 is 2.36 bits per heavy atom. The molecule has 0 saturated carbocycles. The van der Waals surface area contributed by atoms with Crippen molar-refractivity contribution in [3.05, 3.63) is 45.9 Å². The van der Waals surface area contributed by atoms with Crippen LogP contribution in [0.25, 0.3) is 0 Å². The number of nitrogens with zero attached hydrogens (tertiary/aromatic N) is 1. The summed E-state index contributed by atoms with van der Waals surface area (Å²) < 4.78 is 34.7. The van der Waals surface area contributed by atoms with Gasteiger partial charge in [-0.2, -0.15) is 12.7 Å². The Hall–Kier alpha value is -1.19. The van der Waals surface area contributed by atoms with Crippen molar-refractivity contribution in [3.8, 4) is 17.2 Å². The number of hydrogen-bond acceptors (Lipinski definition) is 4. The first-order valence-electron chi connectivity index (χ1n) is 8.63. The first-order chi connectivity index (χ1) is 13.3. The topological polar surface area (TPSA) is 78.9 Å². The number of alkyl halides is 1. The van der Waals surface area contributed by atoms with E-state index in [1.807, 2.05) is 0 Å². The summed E-state index contributed by atoms with van der Waals surface area (Å²) in [7, 11) is -3.76. The van der Waals surface area contributed by atoms with Gasteiger partial charge >= 0.3 is 10.2 Å². The summed E-state index contributed by atoms with van der Waals surface area (Å²) in [5.41, 5.74) is 0.912. The van der Waals surface area contributed by atoms with E-state index in [2.05, 4.69) is 20.7 Å². The monoisotopic (exact) mass is 508 g/mol. The van der Waals surface area contributed by atoms with Gasteiger partial charge in [-0.25, -0.2) is 0 Å². The molecule has 6 nitrogen and oxygen atoms in total. The van der Waals surface area contributed by atoms with E-state index < -0.39 is 10.2 Å². The Bertz CT molecular complexity index is 943. The van der Waals surface area contributed by atoms with Crippen molar-refractivity contribution in [2.75, 3.05) is 17.8 Å². The molecule has 1 aliphatic heterocycles. The van der Waals surface area contributed by atoms with Gasteiger partial charge in [-0.05, 0) is 42.7 Å². The maximum atomic E-state index is 12.6. The molecule has 3 rings (SSSR count). The largest absolute Gasteiger partial charge is 0.506 e. The fraction of sp³-hybridized carbons (Fsp3) is 0.333.